The van der Waals surface area contributed by atoms with E-state index in [9.17, 15) is 5.26 Å². The zero-order chi connectivity index (χ0) is 33.3. The van der Waals surface area contributed by atoms with Crippen molar-refractivity contribution in [2.24, 2.45) is 7.05 Å². The molecule has 0 aliphatic heterocycles. The number of aromatic nitrogens is 4. The SMILES string of the molecule is Cc1ccc2c(oc3cc4nc(C#N)ncc4cc32)c1-c1n(-c2c(C(C)C)cc(-c3ccccc3)cc2C(C)C)c2ccccc2[n+]1C. The third-order valence-corrected chi connectivity index (χ3v) is 9.63. The lowest BCUT2D eigenvalue weighted by atomic mass is 9.88. The fourth-order valence-corrected chi connectivity index (χ4v) is 7.23. The van der Waals surface area contributed by atoms with Crippen molar-refractivity contribution in [3.63, 3.8) is 0 Å². The van der Waals surface area contributed by atoms with Crippen LogP contribution in [0.1, 0.15) is 62.0 Å². The number of benzene rings is 5. The van der Waals surface area contributed by atoms with Crippen molar-refractivity contribution >= 4 is 43.9 Å². The number of nitrogens with zero attached hydrogens (tertiary/aromatic N) is 5. The van der Waals surface area contributed by atoms with E-state index >= 15 is 0 Å². The molecule has 0 fully saturated rings. The molecular formula is C42H36N5O+. The van der Waals surface area contributed by atoms with E-state index < -0.39 is 0 Å². The third kappa shape index (κ3) is 4.50. The van der Waals surface area contributed by atoms with Gasteiger partial charge in [-0.2, -0.15) is 9.83 Å². The molecule has 0 N–H and O–H groups in total. The summed E-state index contributed by atoms with van der Waals surface area (Å²) in [4.78, 5) is 8.67. The Morgan fingerprint density at radius 3 is 2.23 bits per heavy atom. The van der Waals surface area contributed by atoms with Gasteiger partial charge in [-0.05, 0) is 65.8 Å². The number of nitriles is 1. The Morgan fingerprint density at radius 2 is 1.52 bits per heavy atom. The second kappa shape index (κ2) is 11.2. The Hall–Kier alpha value is -5.80. The summed E-state index contributed by atoms with van der Waals surface area (Å²) < 4.78 is 11.6. The molecule has 0 spiro atoms. The average Bonchev–Trinajstić information content (AvgIpc) is 3.60. The summed E-state index contributed by atoms with van der Waals surface area (Å²) in [6, 6.07) is 34.5. The normalized spacial score (nSPS) is 11.9. The van der Waals surface area contributed by atoms with Gasteiger partial charge in [0.05, 0.1) is 12.6 Å². The smallest absolute Gasteiger partial charge is 0.299 e. The largest absolute Gasteiger partial charge is 0.455 e. The summed E-state index contributed by atoms with van der Waals surface area (Å²) in [6.45, 7) is 11.3. The van der Waals surface area contributed by atoms with Crippen LogP contribution in [-0.4, -0.2) is 14.5 Å². The van der Waals surface area contributed by atoms with E-state index in [1.807, 2.05) is 6.07 Å². The van der Waals surface area contributed by atoms with Crippen molar-refractivity contribution in [3.8, 4) is 34.3 Å². The van der Waals surface area contributed by atoms with Crippen LogP contribution < -0.4 is 4.57 Å². The van der Waals surface area contributed by atoms with E-state index in [0.29, 0.717) is 5.52 Å². The van der Waals surface area contributed by atoms with Gasteiger partial charge >= 0.3 is 0 Å². The summed E-state index contributed by atoms with van der Waals surface area (Å²) in [5.41, 5.74) is 13.0. The topological polar surface area (TPSA) is 71.5 Å². The van der Waals surface area contributed by atoms with E-state index in [1.165, 1.54) is 27.9 Å². The van der Waals surface area contributed by atoms with Gasteiger partial charge in [0, 0.05) is 39.5 Å². The van der Waals surface area contributed by atoms with Crippen LogP contribution in [-0.2, 0) is 7.05 Å². The monoisotopic (exact) mass is 626 g/mol. The van der Waals surface area contributed by atoms with Gasteiger partial charge in [0.2, 0.25) is 5.82 Å². The predicted molar refractivity (Wildman–Crippen MR) is 193 cm³/mol. The fraction of sp³-hybridized carbons (Fsp3) is 0.190. The molecule has 0 aliphatic carbocycles. The molecule has 0 bridgehead atoms. The molecule has 6 heteroatoms. The Morgan fingerprint density at radius 1 is 0.812 bits per heavy atom. The molecule has 0 aliphatic rings. The molecule has 0 radical (unpaired) electrons. The number of fused-ring (bicyclic) bond motifs is 5. The highest BCUT2D eigenvalue weighted by atomic mass is 16.3. The lowest BCUT2D eigenvalue weighted by Gasteiger charge is -2.21. The first-order chi connectivity index (χ1) is 23.2. The van der Waals surface area contributed by atoms with Crippen LogP contribution in [0.25, 0.3) is 72.1 Å². The number of imidazole rings is 1. The van der Waals surface area contributed by atoms with Gasteiger partial charge < -0.3 is 4.42 Å². The minimum absolute atomic E-state index is 0.145. The second-order valence-corrected chi connectivity index (χ2v) is 13.3. The van der Waals surface area contributed by atoms with Crippen LogP contribution in [0, 0.1) is 18.3 Å². The van der Waals surface area contributed by atoms with Gasteiger partial charge in [0.1, 0.15) is 22.9 Å². The van der Waals surface area contributed by atoms with E-state index in [-0.39, 0.29) is 17.7 Å². The van der Waals surface area contributed by atoms with E-state index in [0.717, 1.165) is 55.3 Å². The molecule has 0 amide bonds. The van der Waals surface area contributed by atoms with Gasteiger partial charge in [0.25, 0.3) is 5.82 Å². The minimum Gasteiger partial charge on any atom is -0.455 e. The van der Waals surface area contributed by atoms with Crippen LogP contribution in [0.15, 0.2) is 102 Å². The average molecular weight is 627 g/mol. The number of hydrogen-bond acceptors (Lipinski definition) is 4. The number of rotatable bonds is 5. The second-order valence-electron chi connectivity index (χ2n) is 13.3. The molecule has 8 rings (SSSR count). The van der Waals surface area contributed by atoms with Gasteiger partial charge in [-0.15, -0.1) is 0 Å². The minimum atomic E-state index is 0.145. The third-order valence-electron chi connectivity index (χ3n) is 9.63. The van der Waals surface area contributed by atoms with E-state index in [4.69, 9.17) is 4.42 Å². The summed E-state index contributed by atoms with van der Waals surface area (Å²) in [5.74, 6) is 1.75. The Bertz CT molecular complexity index is 2570. The molecule has 3 heterocycles. The van der Waals surface area contributed by atoms with Crippen LogP contribution in [0.5, 0.6) is 0 Å². The highest BCUT2D eigenvalue weighted by Gasteiger charge is 2.34. The Labute approximate surface area is 279 Å². The zero-order valence-corrected chi connectivity index (χ0v) is 28.0. The van der Waals surface area contributed by atoms with Crippen molar-refractivity contribution < 1.29 is 8.98 Å². The van der Waals surface area contributed by atoms with Crippen molar-refractivity contribution in [2.75, 3.05) is 0 Å². The molecular weight excluding hydrogens is 590 g/mol. The number of hydrogen-bond donors (Lipinski definition) is 0. The van der Waals surface area contributed by atoms with Gasteiger partial charge in [-0.1, -0.05) is 82.3 Å². The molecule has 6 nitrogen and oxygen atoms in total. The van der Waals surface area contributed by atoms with Crippen molar-refractivity contribution in [1.82, 2.24) is 14.5 Å². The van der Waals surface area contributed by atoms with Crippen molar-refractivity contribution in [2.45, 2.75) is 46.5 Å². The lowest BCUT2D eigenvalue weighted by molar-refractivity contribution is -0.633. The lowest BCUT2D eigenvalue weighted by Crippen LogP contribution is -2.30. The summed E-state index contributed by atoms with van der Waals surface area (Å²) in [7, 11) is 2.16. The number of aryl methyl sites for hydroxylation is 2. The maximum absolute atomic E-state index is 9.40. The maximum Gasteiger partial charge on any atom is 0.299 e. The fourth-order valence-electron chi connectivity index (χ4n) is 7.23. The molecule has 8 aromatic rings. The molecule has 0 unspecified atom stereocenters. The van der Waals surface area contributed by atoms with Crippen LogP contribution in [0.4, 0.5) is 0 Å². The van der Waals surface area contributed by atoms with Gasteiger partial charge in [0.15, 0.2) is 16.6 Å². The van der Waals surface area contributed by atoms with Crippen LogP contribution >= 0.6 is 0 Å². The summed E-state index contributed by atoms with van der Waals surface area (Å²) >= 11 is 0. The molecule has 48 heavy (non-hydrogen) atoms. The molecule has 0 saturated heterocycles. The first-order valence-corrected chi connectivity index (χ1v) is 16.5. The van der Waals surface area contributed by atoms with Crippen molar-refractivity contribution in [3.05, 3.63) is 120 Å². The van der Waals surface area contributed by atoms with Gasteiger partial charge in [-0.3, -0.25) is 0 Å². The Kier molecular flexibility index (Phi) is 6.89. The first-order valence-electron chi connectivity index (χ1n) is 16.5. The van der Waals surface area contributed by atoms with Gasteiger partial charge in [-0.25, -0.2) is 14.5 Å². The van der Waals surface area contributed by atoms with Crippen molar-refractivity contribution in [1.29, 1.82) is 5.26 Å². The summed E-state index contributed by atoms with van der Waals surface area (Å²) in [6.07, 6.45) is 1.71. The maximum atomic E-state index is 9.40. The number of para-hydroxylation sites is 2. The zero-order valence-electron chi connectivity index (χ0n) is 28.0. The van der Waals surface area contributed by atoms with Crippen LogP contribution in [0.2, 0.25) is 0 Å². The standard InChI is InChI=1S/C42H36N5O/c1-24(2)31-18-28(27-12-8-7-9-13-27)19-32(25(3)4)40(31)47-36-15-11-10-14-35(36)46(6)42(47)39-26(5)16-17-30-33-20-29-23-44-38(22-43)45-34(29)21-37(33)48-41(30)39/h7-21,23-25H,1-6H3/q+1. The Balaban J connectivity index is 1.50. The van der Waals surface area contributed by atoms with E-state index in [2.05, 4.69) is 152 Å². The molecule has 3 aromatic heterocycles. The molecule has 234 valence electrons. The van der Waals surface area contributed by atoms with Crippen LogP contribution in [0.3, 0.4) is 0 Å². The summed E-state index contributed by atoms with van der Waals surface area (Å²) in [5, 5.41) is 12.3. The molecule has 0 saturated carbocycles. The number of furan rings is 1. The first kappa shape index (κ1) is 29.6. The van der Waals surface area contributed by atoms with E-state index in [1.54, 1.807) is 6.20 Å². The molecule has 0 atom stereocenters. The molecule has 5 aromatic carbocycles. The quantitative estimate of drug-likeness (QED) is 0.178. The predicted octanol–water partition coefficient (Wildman–Crippen LogP) is 10.1. The highest BCUT2D eigenvalue weighted by molar-refractivity contribution is 6.13. The highest BCUT2D eigenvalue weighted by Crippen LogP contribution is 2.43.